The highest BCUT2D eigenvalue weighted by Crippen LogP contribution is 2.19. The Labute approximate surface area is 144 Å². The van der Waals surface area contributed by atoms with Gasteiger partial charge in [-0.1, -0.05) is 18.2 Å². The Morgan fingerprint density at radius 2 is 2.08 bits per heavy atom. The number of rotatable bonds is 3. The lowest BCUT2D eigenvalue weighted by molar-refractivity contribution is -0.119. The second-order valence-corrected chi connectivity index (χ2v) is 6.33. The Bertz CT molecular complexity index is 1030. The van der Waals surface area contributed by atoms with Crippen molar-refractivity contribution in [3.05, 3.63) is 64.2 Å². The van der Waals surface area contributed by atoms with E-state index in [-0.39, 0.29) is 11.5 Å². The number of aryl methyl sites for hydroxylation is 2. The Morgan fingerprint density at radius 3 is 2.96 bits per heavy atom. The normalized spacial score (nSPS) is 14.3. The summed E-state index contributed by atoms with van der Waals surface area (Å²) in [7, 11) is 0. The van der Waals surface area contributed by atoms with Crippen LogP contribution in [0.3, 0.4) is 0 Å². The molecule has 2 heterocycles. The molecule has 126 valence electrons. The maximum Gasteiger partial charge on any atom is 0.267 e. The van der Waals surface area contributed by atoms with Crippen LogP contribution in [0.4, 0.5) is 5.69 Å². The molecule has 4 rings (SSSR count). The number of carbonyl (C=O) groups is 1. The lowest BCUT2D eigenvalue weighted by atomic mass is 10.2. The van der Waals surface area contributed by atoms with Crippen molar-refractivity contribution in [1.29, 1.82) is 0 Å². The Balaban J connectivity index is 1.59. The van der Waals surface area contributed by atoms with Gasteiger partial charge in [0.15, 0.2) is 0 Å². The van der Waals surface area contributed by atoms with Crippen molar-refractivity contribution in [2.45, 2.75) is 32.2 Å². The highest BCUT2D eigenvalue weighted by atomic mass is 16.2. The first-order valence-electron chi connectivity index (χ1n) is 8.39. The minimum absolute atomic E-state index is 0.236. The number of nitrogens with one attached hydrogen (secondary N) is 1. The molecular formula is C19H18N4O2. The zero-order chi connectivity index (χ0) is 17.4. The van der Waals surface area contributed by atoms with Crippen LogP contribution in [-0.2, 0) is 17.6 Å². The van der Waals surface area contributed by atoms with E-state index >= 15 is 0 Å². The third kappa shape index (κ3) is 2.91. The molecule has 1 amide bonds. The molecule has 6 heteroatoms. The first-order valence-corrected chi connectivity index (χ1v) is 8.39. The molecule has 1 N–H and O–H groups in total. The summed E-state index contributed by atoms with van der Waals surface area (Å²) in [5, 5.41) is 8.16. The van der Waals surface area contributed by atoms with Gasteiger partial charge in [-0.2, -0.15) is 5.10 Å². The van der Waals surface area contributed by atoms with Crippen LogP contribution in [0.15, 0.2) is 47.4 Å². The molecule has 25 heavy (non-hydrogen) atoms. The third-order valence-corrected chi connectivity index (χ3v) is 4.59. The van der Waals surface area contributed by atoms with Gasteiger partial charge in [-0.05, 0) is 43.9 Å². The first-order chi connectivity index (χ1) is 12.1. The van der Waals surface area contributed by atoms with Crippen molar-refractivity contribution in [2.24, 2.45) is 0 Å². The number of amides is 1. The third-order valence-electron chi connectivity index (χ3n) is 4.59. The number of para-hydroxylation sites is 1. The van der Waals surface area contributed by atoms with Gasteiger partial charge in [0.25, 0.3) is 5.56 Å². The summed E-state index contributed by atoms with van der Waals surface area (Å²) in [5.74, 6) is -0.287. The van der Waals surface area contributed by atoms with Crippen molar-refractivity contribution in [1.82, 2.24) is 14.8 Å². The Hall–Kier alpha value is -3.02. The highest BCUT2D eigenvalue weighted by molar-refractivity contribution is 5.95. The fourth-order valence-electron chi connectivity index (χ4n) is 3.19. The quantitative estimate of drug-likeness (QED) is 0.798. The van der Waals surface area contributed by atoms with E-state index in [0.717, 1.165) is 41.4 Å². The standard InChI is InChI=1S/C19H18N4O2/c1-12(23-18(24)10-14-6-4-8-17(14)22-23)19(25)21-15-9-13-5-2-3-7-16(13)20-11-15/h2-3,5,7,9-12H,4,6,8H2,1H3,(H,21,25)/t12-/m1/s1. The van der Waals surface area contributed by atoms with Gasteiger partial charge in [0.05, 0.1) is 23.1 Å². The van der Waals surface area contributed by atoms with Crippen molar-refractivity contribution in [3.8, 4) is 0 Å². The minimum atomic E-state index is -0.690. The molecule has 0 spiro atoms. The number of benzene rings is 1. The second kappa shape index (κ2) is 6.12. The van der Waals surface area contributed by atoms with E-state index in [4.69, 9.17) is 0 Å². The van der Waals surface area contributed by atoms with E-state index in [9.17, 15) is 9.59 Å². The van der Waals surface area contributed by atoms with Crippen LogP contribution >= 0.6 is 0 Å². The maximum atomic E-state index is 12.6. The smallest absolute Gasteiger partial charge is 0.267 e. The van der Waals surface area contributed by atoms with Gasteiger partial charge in [0.1, 0.15) is 6.04 Å². The molecule has 0 bridgehead atoms. The zero-order valence-electron chi connectivity index (χ0n) is 13.9. The number of aromatic nitrogens is 3. The second-order valence-electron chi connectivity index (χ2n) is 6.33. The SMILES string of the molecule is C[C@H](C(=O)Nc1cnc2ccccc2c1)n1nc2c(cc1=O)CCC2. The topological polar surface area (TPSA) is 76.9 Å². The van der Waals surface area contributed by atoms with Crippen LogP contribution in [0.2, 0.25) is 0 Å². The van der Waals surface area contributed by atoms with E-state index in [0.29, 0.717) is 5.69 Å². The number of anilines is 1. The molecule has 1 atom stereocenters. The van der Waals surface area contributed by atoms with Crippen LogP contribution in [0.5, 0.6) is 0 Å². The lowest BCUT2D eigenvalue weighted by Crippen LogP contribution is -2.34. The van der Waals surface area contributed by atoms with Gasteiger partial charge >= 0.3 is 0 Å². The van der Waals surface area contributed by atoms with Gasteiger partial charge in [-0.3, -0.25) is 14.6 Å². The fraction of sp³-hybridized carbons (Fsp3) is 0.263. The van der Waals surface area contributed by atoms with E-state index < -0.39 is 6.04 Å². The van der Waals surface area contributed by atoms with Crippen molar-refractivity contribution in [2.75, 3.05) is 5.32 Å². The number of fused-ring (bicyclic) bond motifs is 2. The van der Waals surface area contributed by atoms with E-state index in [1.54, 1.807) is 19.2 Å². The number of hydrogen-bond donors (Lipinski definition) is 1. The van der Waals surface area contributed by atoms with Crippen LogP contribution in [-0.4, -0.2) is 20.7 Å². The van der Waals surface area contributed by atoms with Gasteiger partial charge < -0.3 is 5.32 Å². The van der Waals surface area contributed by atoms with Crippen molar-refractivity contribution < 1.29 is 4.79 Å². The molecule has 3 aromatic rings. The molecule has 0 radical (unpaired) electrons. The number of hydrogen-bond acceptors (Lipinski definition) is 4. The molecule has 0 saturated carbocycles. The van der Waals surface area contributed by atoms with Crippen LogP contribution in [0.1, 0.15) is 30.6 Å². The summed E-state index contributed by atoms with van der Waals surface area (Å²) in [6.45, 7) is 1.68. The summed E-state index contributed by atoms with van der Waals surface area (Å²) in [4.78, 5) is 29.2. The molecule has 1 aliphatic carbocycles. The maximum absolute atomic E-state index is 12.6. The van der Waals surface area contributed by atoms with Gasteiger partial charge in [-0.25, -0.2) is 4.68 Å². The van der Waals surface area contributed by atoms with Gasteiger partial charge in [-0.15, -0.1) is 0 Å². The largest absolute Gasteiger partial charge is 0.323 e. The summed E-state index contributed by atoms with van der Waals surface area (Å²) >= 11 is 0. The monoisotopic (exact) mass is 334 g/mol. The van der Waals surface area contributed by atoms with E-state index in [2.05, 4.69) is 15.4 Å². The van der Waals surface area contributed by atoms with E-state index in [1.165, 1.54) is 4.68 Å². The zero-order valence-corrected chi connectivity index (χ0v) is 13.9. The van der Waals surface area contributed by atoms with Crippen molar-refractivity contribution >= 4 is 22.5 Å². The molecule has 1 aliphatic rings. The predicted molar refractivity (Wildman–Crippen MR) is 95.6 cm³/mol. The van der Waals surface area contributed by atoms with E-state index in [1.807, 2.05) is 30.3 Å². The summed E-state index contributed by atoms with van der Waals surface area (Å²) in [6, 6.07) is 10.5. The first kappa shape index (κ1) is 15.5. The number of nitrogens with zero attached hydrogens (tertiary/aromatic N) is 3. The van der Waals surface area contributed by atoms with Crippen LogP contribution in [0.25, 0.3) is 10.9 Å². The lowest BCUT2D eigenvalue weighted by Gasteiger charge is -2.15. The fourth-order valence-corrected chi connectivity index (χ4v) is 3.19. The molecule has 0 aliphatic heterocycles. The van der Waals surface area contributed by atoms with Gasteiger partial charge in [0.2, 0.25) is 5.91 Å². The minimum Gasteiger partial charge on any atom is -0.323 e. The average Bonchev–Trinajstić information content (AvgIpc) is 3.07. The summed E-state index contributed by atoms with van der Waals surface area (Å²) in [6.07, 6.45) is 4.38. The number of carbonyl (C=O) groups excluding carboxylic acids is 1. The Kier molecular flexibility index (Phi) is 3.80. The molecule has 6 nitrogen and oxygen atoms in total. The molecule has 0 saturated heterocycles. The van der Waals surface area contributed by atoms with Crippen LogP contribution < -0.4 is 10.9 Å². The molecule has 0 unspecified atom stereocenters. The number of pyridine rings is 1. The van der Waals surface area contributed by atoms with Crippen LogP contribution in [0, 0.1) is 0 Å². The highest BCUT2D eigenvalue weighted by Gasteiger charge is 2.21. The Morgan fingerprint density at radius 1 is 1.24 bits per heavy atom. The predicted octanol–water partition coefficient (Wildman–Crippen LogP) is 2.48. The average molecular weight is 334 g/mol. The summed E-state index contributed by atoms with van der Waals surface area (Å²) in [5.41, 5.74) is 3.16. The molecular weight excluding hydrogens is 316 g/mol. The summed E-state index contributed by atoms with van der Waals surface area (Å²) < 4.78 is 1.27. The molecule has 2 aromatic heterocycles. The van der Waals surface area contributed by atoms with Crippen molar-refractivity contribution in [3.63, 3.8) is 0 Å². The van der Waals surface area contributed by atoms with Gasteiger partial charge in [0, 0.05) is 11.5 Å². The molecule has 0 fully saturated rings. The molecule has 1 aromatic carbocycles.